The van der Waals surface area contributed by atoms with Crippen LogP contribution in [0.3, 0.4) is 0 Å². The number of benzene rings is 1. The first-order chi connectivity index (χ1) is 16.7. The summed E-state index contributed by atoms with van der Waals surface area (Å²) in [5.74, 6) is 1.57. The Balaban J connectivity index is 1.72. The molecule has 0 radical (unpaired) electrons. The Bertz CT molecular complexity index is 1180. The van der Waals surface area contributed by atoms with Crippen molar-refractivity contribution in [2.24, 2.45) is 5.41 Å². The molecule has 184 valence electrons. The molecule has 0 amide bonds. The van der Waals surface area contributed by atoms with Crippen LogP contribution in [0.4, 0.5) is 0 Å². The lowest BCUT2D eigenvalue weighted by Gasteiger charge is -2.38. The van der Waals surface area contributed by atoms with Crippen LogP contribution in [0.15, 0.2) is 30.5 Å². The first-order valence-corrected chi connectivity index (χ1v) is 12.0. The summed E-state index contributed by atoms with van der Waals surface area (Å²) in [4.78, 5) is 31.3. The van der Waals surface area contributed by atoms with Crippen LogP contribution in [-0.2, 0) is 26.3 Å². The van der Waals surface area contributed by atoms with Crippen LogP contribution in [0, 0.1) is 17.8 Å². The van der Waals surface area contributed by atoms with Crippen molar-refractivity contribution < 1.29 is 24.2 Å². The summed E-state index contributed by atoms with van der Waals surface area (Å²) < 4.78 is 11.6. The van der Waals surface area contributed by atoms with E-state index in [2.05, 4.69) is 41.9 Å². The van der Waals surface area contributed by atoms with Crippen LogP contribution >= 0.6 is 0 Å². The van der Waals surface area contributed by atoms with E-state index in [0.29, 0.717) is 31.7 Å². The van der Waals surface area contributed by atoms with Gasteiger partial charge in [0, 0.05) is 32.5 Å². The molecule has 35 heavy (non-hydrogen) atoms. The first-order valence-electron chi connectivity index (χ1n) is 12.0. The molecule has 1 aromatic heterocycles. The van der Waals surface area contributed by atoms with Crippen molar-refractivity contribution in [3.05, 3.63) is 58.7 Å². The number of allylic oxidation sites excluding steroid dienone is 2. The highest BCUT2D eigenvalue weighted by Gasteiger charge is 2.37. The highest BCUT2D eigenvalue weighted by molar-refractivity contribution is 5.95. The third kappa shape index (κ3) is 5.72. The molecule has 2 aromatic rings. The summed E-state index contributed by atoms with van der Waals surface area (Å²) in [7, 11) is 0. The molecule has 1 aliphatic heterocycles. The molecule has 1 aromatic carbocycles. The minimum Gasteiger partial charge on any atom is -0.480 e. The number of aliphatic carboxylic acids is 1. The Hall–Kier alpha value is -3.21. The molecule has 4 rings (SSSR count). The van der Waals surface area contributed by atoms with E-state index >= 15 is 0 Å². The number of rotatable bonds is 8. The molecule has 1 aliphatic carbocycles. The Kier molecular flexibility index (Phi) is 7.25. The van der Waals surface area contributed by atoms with Crippen molar-refractivity contribution in [2.75, 3.05) is 19.8 Å². The molecular weight excluding hydrogens is 444 g/mol. The molecule has 0 unspecified atom stereocenters. The molecule has 0 atom stereocenters. The number of carboxylic acid groups (broad SMARTS) is 1. The second-order valence-corrected chi connectivity index (χ2v) is 10.1. The number of ketones is 1. The Labute approximate surface area is 205 Å². The standard InChI is InChI=1S/C28H32N2O5/c1-4-22-17-29-26(30-22)24(31)15-20-5-6-21(16-23(20)19-7-9-27(2,3)10-8-19)28(35-18-25(32)33)11-13-34-14-12-28/h1,5-7,16-17H,8-15,18H2,2-3H3,(H,29,30)(H,32,33). The van der Waals surface area contributed by atoms with Crippen molar-refractivity contribution in [2.45, 2.75) is 58.0 Å². The molecule has 0 spiro atoms. The summed E-state index contributed by atoms with van der Waals surface area (Å²) in [6.07, 6.45) is 13.4. The Morgan fingerprint density at radius 2 is 2.03 bits per heavy atom. The SMILES string of the molecule is C#Cc1cnc(C(=O)Cc2ccc(C3(OCC(=O)O)CCOCC3)cc2C2=CCC(C)(C)CC2)[nH]1. The van der Waals surface area contributed by atoms with Gasteiger partial charge in [0.2, 0.25) is 5.78 Å². The lowest BCUT2D eigenvalue weighted by atomic mass is 9.75. The summed E-state index contributed by atoms with van der Waals surface area (Å²) >= 11 is 0. The molecule has 7 heteroatoms. The van der Waals surface area contributed by atoms with E-state index in [9.17, 15) is 14.7 Å². The number of nitrogens with one attached hydrogen (secondary N) is 1. The van der Waals surface area contributed by atoms with Crippen molar-refractivity contribution >= 4 is 17.3 Å². The zero-order chi connectivity index (χ0) is 25.1. The minimum atomic E-state index is -1.000. The Morgan fingerprint density at radius 3 is 2.66 bits per heavy atom. The summed E-state index contributed by atoms with van der Waals surface area (Å²) in [6.45, 7) is 5.16. The van der Waals surface area contributed by atoms with Gasteiger partial charge in [0.05, 0.1) is 11.8 Å². The van der Waals surface area contributed by atoms with Crippen molar-refractivity contribution in [1.82, 2.24) is 9.97 Å². The van der Waals surface area contributed by atoms with E-state index in [1.165, 1.54) is 11.8 Å². The summed E-state index contributed by atoms with van der Waals surface area (Å²) in [6, 6.07) is 6.02. The molecule has 1 fully saturated rings. The third-order valence-electron chi connectivity index (χ3n) is 7.07. The van der Waals surface area contributed by atoms with E-state index in [0.717, 1.165) is 36.0 Å². The van der Waals surface area contributed by atoms with Gasteiger partial charge in [0.15, 0.2) is 5.82 Å². The smallest absolute Gasteiger partial charge is 0.329 e. The normalized spacial score (nSPS) is 18.9. The number of carbonyl (C=O) groups is 2. The van der Waals surface area contributed by atoms with E-state index in [1.54, 1.807) is 0 Å². The number of Topliss-reactive ketones (excluding diaryl/α,β-unsaturated/α-hetero) is 1. The number of aromatic nitrogens is 2. The number of ether oxygens (including phenoxy) is 2. The number of carbonyl (C=O) groups excluding carboxylic acids is 1. The quantitative estimate of drug-likeness (QED) is 0.429. The molecule has 2 aliphatic rings. The molecule has 2 N–H and O–H groups in total. The van der Waals surface area contributed by atoms with Crippen molar-refractivity contribution in [3.8, 4) is 12.3 Å². The zero-order valence-corrected chi connectivity index (χ0v) is 20.4. The fourth-order valence-corrected chi connectivity index (χ4v) is 4.84. The largest absolute Gasteiger partial charge is 0.480 e. The molecule has 7 nitrogen and oxygen atoms in total. The summed E-state index contributed by atoms with van der Waals surface area (Å²) in [5, 5.41) is 9.26. The number of H-pyrrole nitrogens is 1. The molecule has 0 bridgehead atoms. The predicted octanol–water partition coefficient (Wildman–Crippen LogP) is 4.52. The highest BCUT2D eigenvalue weighted by atomic mass is 16.5. The van der Waals surface area contributed by atoms with Crippen LogP contribution < -0.4 is 0 Å². The average Bonchev–Trinajstić information content (AvgIpc) is 3.33. The average molecular weight is 477 g/mol. The maximum Gasteiger partial charge on any atom is 0.329 e. The van der Waals surface area contributed by atoms with Crippen LogP contribution in [0.5, 0.6) is 0 Å². The number of nitrogens with zero attached hydrogens (tertiary/aromatic N) is 1. The van der Waals surface area contributed by atoms with E-state index in [-0.39, 0.29) is 30.1 Å². The van der Waals surface area contributed by atoms with E-state index in [4.69, 9.17) is 15.9 Å². The number of hydrogen-bond acceptors (Lipinski definition) is 5. The van der Waals surface area contributed by atoms with E-state index in [1.807, 2.05) is 12.1 Å². The van der Waals surface area contributed by atoms with Gasteiger partial charge in [-0.3, -0.25) is 4.79 Å². The molecule has 2 heterocycles. The van der Waals surface area contributed by atoms with Gasteiger partial charge in [0.1, 0.15) is 12.3 Å². The maximum atomic E-state index is 13.0. The summed E-state index contributed by atoms with van der Waals surface area (Å²) in [5.41, 5.74) is 4.03. The third-order valence-corrected chi connectivity index (χ3v) is 7.07. The number of hydrogen-bond donors (Lipinski definition) is 2. The van der Waals surface area contributed by atoms with Crippen molar-refractivity contribution in [3.63, 3.8) is 0 Å². The fraction of sp³-hybridized carbons (Fsp3) is 0.464. The zero-order valence-electron chi connectivity index (χ0n) is 20.4. The van der Waals surface area contributed by atoms with Gasteiger partial charge >= 0.3 is 5.97 Å². The van der Waals surface area contributed by atoms with Crippen LogP contribution in [0.2, 0.25) is 0 Å². The van der Waals surface area contributed by atoms with E-state index < -0.39 is 11.6 Å². The Morgan fingerprint density at radius 1 is 1.26 bits per heavy atom. The first kappa shape index (κ1) is 24.9. The lowest BCUT2D eigenvalue weighted by Crippen LogP contribution is -2.38. The van der Waals surface area contributed by atoms with Crippen LogP contribution in [0.1, 0.15) is 79.0 Å². The number of carboxylic acids is 1. The van der Waals surface area contributed by atoms with Gasteiger partial charge in [-0.25, -0.2) is 9.78 Å². The topological polar surface area (TPSA) is 102 Å². The fourth-order valence-electron chi connectivity index (χ4n) is 4.84. The van der Waals surface area contributed by atoms with Gasteiger partial charge in [-0.1, -0.05) is 38.0 Å². The molecular formula is C28H32N2O5. The predicted molar refractivity (Wildman–Crippen MR) is 132 cm³/mol. The number of aromatic amines is 1. The number of terminal acetylenes is 1. The van der Waals surface area contributed by atoms with Gasteiger partial charge in [-0.2, -0.15) is 0 Å². The van der Waals surface area contributed by atoms with Crippen molar-refractivity contribution in [1.29, 1.82) is 0 Å². The number of imidazole rings is 1. The van der Waals surface area contributed by atoms with Crippen LogP contribution in [-0.4, -0.2) is 46.6 Å². The molecule has 0 saturated carbocycles. The van der Waals surface area contributed by atoms with Crippen LogP contribution in [0.25, 0.3) is 5.57 Å². The highest BCUT2D eigenvalue weighted by Crippen LogP contribution is 2.42. The second kappa shape index (κ2) is 10.2. The monoisotopic (exact) mass is 476 g/mol. The lowest BCUT2D eigenvalue weighted by molar-refractivity contribution is -0.159. The van der Waals surface area contributed by atoms with Gasteiger partial charge < -0.3 is 19.6 Å². The molecule has 1 saturated heterocycles. The minimum absolute atomic E-state index is 0.139. The van der Waals surface area contributed by atoms with Gasteiger partial charge in [-0.05, 0) is 53.0 Å². The van der Waals surface area contributed by atoms with Gasteiger partial charge in [-0.15, -0.1) is 6.42 Å². The van der Waals surface area contributed by atoms with Gasteiger partial charge in [0.25, 0.3) is 0 Å². The maximum absolute atomic E-state index is 13.0. The second-order valence-electron chi connectivity index (χ2n) is 10.1.